The standard InChI is InChI=1S/C27H22Cl2N2/c1-19-4-8-21(9-5-19)22(17-30)15-23-18-31(27-16-25(29)12-13-26(23)27)14-2-3-20-6-10-24(28)11-7-20/h4-13,15-16,18H,2-3,14H2,1H3/b22-15+. The Labute approximate surface area is 193 Å². The van der Waals surface area contributed by atoms with Crippen molar-refractivity contribution in [3.8, 4) is 6.07 Å². The third kappa shape index (κ3) is 5.02. The highest BCUT2D eigenvalue weighted by molar-refractivity contribution is 6.31. The van der Waals surface area contributed by atoms with Gasteiger partial charge in [0.2, 0.25) is 0 Å². The average molecular weight is 445 g/mol. The summed E-state index contributed by atoms with van der Waals surface area (Å²) in [6, 6.07) is 24.3. The highest BCUT2D eigenvalue weighted by Crippen LogP contribution is 2.29. The first-order chi connectivity index (χ1) is 15.0. The summed E-state index contributed by atoms with van der Waals surface area (Å²) in [6.45, 7) is 2.90. The molecule has 0 unspecified atom stereocenters. The molecule has 3 aromatic carbocycles. The Hall–Kier alpha value is -2.99. The number of hydrogen-bond donors (Lipinski definition) is 0. The Bertz CT molecular complexity index is 1270. The van der Waals surface area contributed by atoms with Crippen molar-refractivity contribution in [2.45, 2.75) is 26.3 Å². The summed E-state index contributed by atoms with van der Waals surface area (Å²) in [4.78, 5) is 0. The van der Waals surface area contributed by atoms with E-state index in [4.69, 9.17) is 23.2 Å². The molecule has 0 spiro atoms. The molecule has 0 atom stereocenters. The number of rotatable bonds is 6. The summed E-state index contributed by atoms with van der Waals surface area (Å²) in [5, 5.41) is 12.3. The fraction of sp³-hybridized carbons (Fsp3) is 0.148. The van der Waals surface area contributed by atoms with Gasteiger partial charge in [0.05, 0.1) is 17.2 Å². The van der Waals surface area contributed by atoms with Crippen molar-refractivity contribution in [2.24, 2.45) is 0 Å². The molecule has 0 saturated carbocycles. The molecule has 31 heavy (non-hydrogen) atoms. The number of nitriles is 1. The van der Waals surface area contributed by atoms with E-state index in [1.807, 2.05) is 67.6 Å². The van der Waals surface area contributed by atoms with E-state index in [9.17, 15) is 5.26 Å². The van der Waals surface area contributed by atoms with Gasteiger partial charge in [-0.25, -0.2) is 0 Å². The van der Waals surface area contributed by atoms with Gasteiger partial charge < -0.3 is 4.57 Å². The first-order valence-electron chi connectivity index (χ1n) is 10.2. The number of fused-ring (bicyclic) bond motifs is 1. The molecule has 0 aliphatic rings. The minimum atomic E-state index is 0.648. The predicted molar refractivity (Wildman–Crippen MR) is 131 cm³/mol. The highest BCUT2D eigenvalue weighted by atomic mass is 35.5. The molecule has 1 heterocycles. The molecule has 0 radical (unpaired) electrons. The molecule has 1 aromatic heterocycles. The van der Waals surface area contributed by atoms with E-state index in [1.165, 1.54) is 11.1 Å². The van der Waals surface area contributed by atoms with E-state index >= 15 is 0 Å². The maximum Gasteiger partial charge on any atom is 0.0998 e. The number of aromatic nitrogens is 1. The van der Waals surface area contributed by atoms with E-state index in [-0.39, 0.29) is 0 Å². The van der Waals surface area contributed by atoms with Crippen molar-refractivity contribution in [2.75, 3.05) is 0 Å². The summed E-state index contributed by atoms with van der Waals surface area (Å²) >= 11 is 12.3. The lowest BCUT2D eigenvalue weighted by Gasteiger charge is -2.06. The van der Waals surface area contributed by atoms with Crippen molar-refractivity contribution in [1.82, 2.24) is 4.57 Å². The van der Waals surface area contributed by atoms with Gasteiger partial charge in [0, 0.05) is 33.7 Å². The first-order valence-corrected chi connectivity index (χ1v) is 11.0. The molecule has 0 fully saturated rings. The third-order valence-corrected chi connectivity index (χ3v) is 5.92. The molecular weight excluding hydrogens is 423 g/mol. The molecule has 4 aromatic rings. The number of aryl methyl sites for hydroxylation is 3. The van der Waals surface area contributed by atoms with Crippen LogP contribution in [0.4, 0.5) is 0 Å². The van der Waals surface area contributed by atoms with E-state index < -0.39 is 0 Å². The summed E-state index contributed by atoms with van der Waals surface area (Å²) in [6.07, 6.45) is 6.05. The maximum absolute atomic E-state index is 9.76. The second-order valence-corrected chi connectivity index (χ2v) is 8.58. The first kappa shape index (κ1) is 21.2. The molecule has 4 rings (SSSR count). The highest BCUT2D eigenvalue weighted by Gasteiger charge is 2.10. The smallest absolute Gasteiger partial charge is 0.0998 e. The van der Waals surface area contributed by atoms with Gasteiger partial charge in [-0.2, -0.15) is 5.26 Å². The van der Waals surface area contributed by atoms with Crippen molar-refractivity contribution in [3.63, 3.8) is 0 Å². The van der Waals surface area contributed by atoms with Crippen LogP contribution in [-0.2, 0) is 13.0 Å². The van der Waals surface area contributed by atoms with Crippen molar-refractivity contribution in [1.29, 1.82) is 5.26 Å². The van der Waals surface area contributed by atoms with Crippen LogP contribution in [0.1, 0.15) is 28.7 Å². The number of halogens is 2. The van der Waals surface area contributed by atoms with Gasteiger partial charge in [-0.1, -0.05) is 71.2 Å². The Morgan fingerprint density at radius 1 is 0.968 bits per heavy atom. The predicted octanol–water partition coefficient (Wildman–Crippen LogP) is 7.95. The quantitative estimate of drug-likeness (QED) is 0.277. The lowest BCUT2D eigenvalue weighted by Crippen LogP contribution is -1.98. The number of nitrogens with zero attached hydrogens (tertiary/aromatic N) is 2. The Balaban J connectivity index is 1.64. The molecule has 0 N–H and O–H groups in total. The van der Waals surface area contributed by atoms with Crippen molar-refractivity contribution >= 4 is 45.8 Å². The van der Waals surface area contributed by atoms with Crippen LogP contribution in [0.5, 0.6) is 0 Å². The number of benzene rings is 3. The fourth-order valence-electron chi connectivity index (χ4n) is 3.77. The molecule has 2 nitrogen and oxygen atoms in total. The Morgan fingerprint density at radius 3 is 2.39 bits per heavy atom. The fourth-order valence-corrected chi connectivity index (χ4v) is 4.06. The second kappa shape index (κ2) is 9.43. The summed E-state index contributed by atoms with van der Waals surface area (Å²) in [7, 11) is 0. The second-order valence-electron chi connectivity index (χ2n) is 7.71. The van der Waals surface area contributed by atoms with Crippen molar-refractivity contribution < 1.29 is 0 Å². The molecule has 0 saturated heterocycles. The molecule has 0 amide bonds. The van der Waals surface area contributed by atoms with Gasteiger partial charge in [-0.15, -0.1) is 0 Å². The third-order valence-electron chi connectivity index (χ3n) is 5.44. The molecule has 4 heteroatoms. The van der Waals surface area contributed by atoms with Gasteiger partial charge >= 0.3 is 0 Å². The molecule has 0 aliphatic carbocycles. The largest absolute Gasteiger partial charge is 0.347 e. The van der Waals surface area contributed by atoms with Crippen LogP contribution < -0.4 is 0 Å². The van der Waals surface area contributed by atoms with Gasteiger partial charge in [0.1, 0.15) is 0 Å². The molecular formula is C27H22Cl2N2. The van der Waals surface area contributed by atoms with E-state index in [2.05, 4.69) is 29.0 Å². The SMILES string of the molecule is Cc1ccc(/C(C#N)=C/c2cn(CCCc3ccc(Cl)cc3)c3cc(Cl)ccc23)cc1. The minimum Gasteiger partial charge on any atom is -0.347 e. The van der Waals surface area contributed by atoms with Crippen LogP contribution in [0, 0.1) is 18.3 Å². The molecule has 154 valence electrons. The van der Waals surface area contributed by atoms with Crippen molar-refractivity contribution in [3.05, 3.63) is 105 Å². The zero-order chi connectivity index (χ0) is 21.8. The van der Waals surface area contributed by atoms with E-state index in [1.54, 1.807) is 0 Å². The summed E-state index contributed by atoms with van der Waals surface area (Å²) < 4.78 is 2.23. The molecule has 0 bridgehead atoms. The zero-order valence-corrected chi connectivity index (χ0v) is 18.8. The van der Waals surface area contributed by atoms with Crippen LogP contribution in [0.2, 0.25) is 10.0 Å². The van der Waals surface area contributed by atoms with E-state index in [0.29, 0.717) is 10.6 Å². The van der Waals surface area contributed by atoms with Gasteiger partial charge in [0.25, 0.3) is 0 Å². The lowest BCUT2D eigenvalue weighted by atomic mass is 10.0. The van der Waals surface area contributed by atoms with E-state index in [0.717, 1.165) is 46.4 Å². The van der Waals surface area contributed by atoms with Gasteiger partial charge in [-0.3, -0.25) is 0 Å². The molecule has 0 aliphatic heterocycles. The topological polar surface area (TPSA) is 28.7 Å². The van der Waals surface area contributed by atoms with Crippen LogP contribution in [0.25, 0.3) is 22.6 Å². The normalized spacial score (nSPS) is 11.6. The van der Waals surface area contributed by atoms with Gasteiger partial charge in [0.15, 0.2) is 0 Å². The maximum atomic E-state index is 9.76. The van der Waals surface area contributed by atoms with Crippen LogP contribution in [0.3, 0.4) is 0 Å². The minimum absolute atomic E-state index is 0.648. The average Bonchev–Trinajstić information content (AvgIpc) is 3.10. The number of allylic oxidation sites excluding steroid dienone is 1. The monoisotopic (exact) mass is 444 g/mol. The zero-order valence-electron chi connectivity index (χ0n) is 17.3. The lowest BCUT2D eigenvalue weighted by molar-refractivity contribution is 0.662. The summed E-state index contributed by atoms with van der Waals surface area (Å²) in [5.41, 5.74) is 6.12. The van der Waals surface area contributed by atoms with Crippen LogP contribution >= 0.6 is 23.2 Å². The van der Waals surface area contributed by atoms with Crippen LogP contribution in [-0.4, -0.2) is 4.57 Å². The number of hydrogen-bond acceptors (Lipinski definition) is 1. The Kier molecular flexibility index (Phi) is 6.47. The van der Waals surface area contributed by atoms with Crippen LogP contribution in [0.15, 0.2) is 72.9 Å². The Morgan fingerprint density at radius 2 is 1.68 bits per heavy atom. The van der Waals surface area contributed by atoms with Gasteiger partial charge in [-0.05, 0) is 61.2 Å². The summed E-state index contributed by atoms with van der Waals surface area (Å²) in [5.74, 6) is 0.